The van der Waals surface area contributed by atoms with Crippen molar-refractivity contribution in [3.05, 3.63) is 42.5 Å². The smallest absolute Gasteiger partial charge is 0.238 e. The monoisotopic (exact) mass is 295 g/mol. The Bertz CT molecular complexity index is 715. The lowest BCUT2D eigenvalue weighted by atomic mass is 10.3. The number of primary sulfonamides is 1. The first kappa shape index (κ1) is 13.7. The molecule has 2 aromatic carbocycles. The van der Waals surface area contributed by atoms with E-state index in [2.05, 4.69) is 0 Å². The second-order valence-electron chi connectivity index (χ2n) is 3.91. The molecule has 2 rings (SSSR count). The molecule has 0 bridgehead atoms. The largest absolute Gasteiger partial charge is 0.397 e. The number of hydrogen-bond donors (Lipinski definition) is 3. The minimum Gasteiger partial charge on any atom is -0.397 e. The highest BCUT2D eigenvalue weighted by molar-refractivity contribution is 7.99. The van der Waals surface area contributed by atoms with Crippen molar-refractivity contribution in [1.82, 2.24) is 0 Å². The van der Waals surface area contributed by atoms with Crippen LogP contribution in [0.25, 0.3) is 0 Å². The minimum absolute atomic E-state index is 0.0842. The van der Waals surface area contributed by atoms with Crippen molar-refractivity contribution in [3.63, 3.8) is 0 Å². The summed E-state index contributed by atoms with van der Waals surface area (Å²) in [6, 6.07) is 11.7. The SMILES string of the molecule is Nc1ccc(Sc2cccc(S(N)(=O)=O)c2)cc1N. The first-order valence-electron chi connectivity index (χ1n) is 5.32. The average Bonchev–Trinajstić information content (AvgIpc) is 2.33. The Morgan fingerprint density at radius 1 is 0.895 bits per heavy atom. The molecule has 0 aromatic heterocycles. The third-order valence-electron chi connectivity index (χ3n) is 2.43. The molecule has 0 aliphatic rings. The zero-order chi connectivity index (χ0) is 14.0. The van der Waals surface area contributed by atoms with Gasteiger partial charge in [-0.05, 0) is 36.4 Å². The van der Waals surface area contributed by atoms with E-state index in [-0.39, 0.29) is 4.90 Å². The average molecular weight is 295 g/mol. The fourth-order valence-corrected chi connectivity index (χ4v) is 3.03. The van der Waals surface area contributed by atoms with Crippen LogP contribution in [-0.4, -0.2) is 8.42 Å². The number of rotatable bonds is 3. The maximum absolute atomic E-state index is 11.3. The Kier molecular flexibility index (Phi) is 3.70. The predicted octanol–water partition coefficient (Wildman–Crippen LogP) is 1.65. The van der Waals surface area contributed by atoms with Gasteiger partial charge in [0.25, 0.3) is 0 Å². The van der Waals surface area contributed by atoms with Crippen LogP contribution in [0, 0.1) is 0 Å². The van der Waals surface area contributed by atoms with Gasteiger partial charge in [0.2, 0.25) is 10.0 Å². The van der Waals surface area contributed by atoms with Gasteiger partial charge in [-0.2, -0.15) is 0 Å². The Morgan fingerprint density at radius 2 is 1.58 bits per heavy atom. The predicted molar refractivity (Wildman–Crippen MR) is 77.2 cm³/mol. The second-order valence-corrected chi connectivity index (χ2v) is 6.62. The van der Waals surface area contributed by atoms with Crippen molar-refractivity contribution < 1.29 is 8.42 Å². The molecule has 0 unspecified atom stereocenters. The van der Waals surface area contributed by atoms with Crippen LogP contribution in [0.5, 0.6) is 0 Å². The number of anilines is 2. The van der Waals surface area contributed by atoms with Crippen molar-refractivity contribution in [3.8, 4) is 0 Å². The molecule has 5 nitrogen and oxygen atoms in total. The molecule has 7 heteroatoms. The van der Waals surface area contributed by atoms with E-state index in [0.717, 1.165) is 9.79 Å². The quantitative estimate of drug-likeness (QED) is 0.745. The highest BCUT2D eigenvalue weighted by Crippen LogP contribution is 2.31. The Hall–Kier alpha value is -1.70. The highest BCUT2D eigenvalue weighted by atomic mass is 32.2. The maximum atomic E-state index is 11.3. The van der Waals surface area contributed by atoms with Gasteiger partial charge < -0.3 is 11.5 Å². The fourth-order valence-electron chi connectivity index (χ4n) is 1.47. The topological polar surface area (TPSA) is 112 Å². The summed E-state index contributed by atoms with van der Waals surface area (Å²) < 4.78 is 22.5. The van der Waals surface area contributed by atoms with E-state index in [4.69, 9.17) is 16.6 Å². The minimum atomic E-state index is -3.69. The van der Waals surface area contributed by atoms with Gasteiger partial charge in [0, 0.05) is 9.79 Å². The van der Waals surface area contributed by atoms with Crippen LogP contribution in [-0.2, 0) is 10.0 Å². The number of nitrogen functional groups attached to an aromatic ring is 2. The normalized spacial score (nSPS) is 11.4. The van der Waals surface area contributed by atoms with Crippen molar-refractivity contribution in [1.29, 1.82) is 0 Å². The zero-order valence-corrected chi connectivity index (χ0v) is 11.5. The molecule has 0 amide bonds. The first-order valence-corrected chi connectivity index (χ1v) is 7.68. The summed E-state index contributed by atoms with van der Waals surface area (Å²) in [4.78, 5) is 1.72. The lowest BCUT2D eigenvalue weighted by molar-refractivity contribution is 0.597. The van der Waals surface area contributed by atoms with E-state index < -0.39 is 10.0 Å². The molecule has 0 atom stereocenters. The van der Waals surface area contributed by atoms with Crippen LogP contribution < -0.4 is 16.6 Å². The third kappa shape index (κ3) is 3.40. The van der Waals surface area contributed by atoms with Gasteiger partial charge in [0.15, 0.2) is 0 Å². The molecule has 0 saturated heterocycles. The standard InChI is InChI=1S/C12H13N3O2S2/c13-11-5-4-9(7-12(11)14)18-8-2-1-3-10(6-8)19(15,16)17/h1-7H,13-14H2,(H2,15,16,17). The van der Waals surface area contributed by atoms with Crippen molar-refractivity contribution in [2.24, 2.45) is 5.14 Å². The Balaban J connectivity index is 2.31. The van der Waals surface area contributed by atoms with E-state index >= 15 is 0 Å². The lowest BCUT2D eigenvalue weighted by Gasteiger charge is -2.06. The molecular weight excluding hydrogens is 282 g/mol. The van der Waals surface area contributed by atoms with Gasteiger partial charge in [-0.1, -0.05) is 17.8 Å². The van der Waals surface area contributed by atoms with E-state index in [0.29, 0.717) is 11.4 Å². The van der Waals surface area contributed by atoms with Crippen LogP contribution in [0.1, 0.15) is 0 Å². The molecule has 0 radical (unpaired) electrons. The molecule has 0 aliphatic carbocycles. The van der Waals surface area contributed by atoms with Crippen LogP contribution in [0.4, 0.5) is 11.4 Å². The maximum Gasteiger partial charge on any atom is 0.238 e. The van der Waals surface area contributed by atoms with Gasteiger partial charge in [-0.25, -0.2) is 13.6 Å². The van der Waals surface area contributed by atoms with Crippen LogP contribution in [0.15, 0.2) is 57.2 Å². The summed E-state index contributed by atoms with van der Waals surface area (Å²) in [6.07, 6.45) is 0. The molecule has 100 valence electrons. The first-order chi connectivity index (χ1) is 8.86. The summed E-state index contributed by atoms with van der Waals surface area (Å²) in [7, 11) is -3.69. The van der Waals surface area contributed by atoms with Gasteiger partial charge >= 0.3 is 0 Å². The summed E-state index contributed by atoms with van der Waals surface area (Å²) in [5.41, 5.74) is 12.4. The van der Waals surface area contributed by atoms with E-state index in [1.54, 1.807) is 24.3 Å². The molecule has 0 saturated carbocycles. The second kappa shape index (κ2) is 5.12. The van der Waals surface area contributed by atoms with Gasteiger partial charge in [-0.3, -0.25) is 0 Å². The third-order valence-corrected chi connectivity index (χ3v) is 4.32. The molecular formula is C12H13N3O2S2. The molecule has 0 spiro atoms. The van der Waals surface area contributed by atoms with E-state index in [9.17, 15) is 8.42 Å². The number of nitrogens with two attached hydrogens (primary N) is 3. The van der Waals surface area contributed by atoms with Crippen molar-refractivity contribution in [2.75, 3.05) is 11.5 Å². The Labute approximate surface area is 115 Å². The number of sulfonamides is 1. The Morgan fingerprint density at radius 3 is 2.21 bits per heavy atom. The van der Waals surface area contributed by atoms with Crippen LogP contribution in [0.2, 0.25) is 0 Å². The molecule has 0 aliphatic heterocycles. The number of benzene rings is 2. The van der Waals surface area contributed by atoms with Crippen LogP contribution in [0.3, 0.4) is 0 Å². The summed E-state index contributed by atoms with van der Waals surface area (Å²) in [5.74, 6) is 0. The summed E-state index contributed by atoms with van der Waals surface area (Å²) >= 11 is 1.39. The summed E-state index contributed by atoms with van der Waals surface area (Å²) in [5, 5.41) is 5.09. The molecule has 0 fully saturated rings. The van der Waals surface area contributed by atoms with Crippen molar-refractivity contribution in [2.45, 2.75) is 14.7 Å². The van der Waals surface area contributed by atoms with Crippen LogP contribution >= 0.6 is 11.8 Å². The van der Waals surface area contributed by atoms with E-state index in [1.807, 2.05) is 6.07 Å². The molecule has 6 N–H and O–H groups in total. The van der Waals surface area contributed by atoms with Gasteiger partial charge in [0.05, 0.1) is 16.3 Å². The molecule has 0 heterocycles. The summed E-state index contributed by atoms with van der Waals surface area (Å²) in [6.45, 7) is 0. The lowest BCUT2D eigenvalue weighted by Crippen LogP contribution is -2.11. The van der Waals surface area contributed by atoms with Crippen molar-refractivity contribution >= 4 is 33.2 Å². The van der Waals surface area contributed by atoms with E-state index in [1.165, 1.54) is 23.9 Å². The molecule has 2 aromatic rings. The number of hydrogen-bond acceptors (Lipinski definition) is 5. The van der Waals surface area contributed by atoms with Gasteiger partial charge in [-0.15, -0.1) is 0 Å². The highest BCUT2D eigenvalue weighted by Gasteiger charge is 2.08. The zero-order valence-electron chi connectivity index (χ0n) is 9.91. The fraction of sp³-hybridized carbons (Fsp3) is 0. The molecule has 19 heavy (non-hydrogen) atoms. The van der Waals surface area contributed by atoms with Gasteiger partial charge in [0.1, 0.15) is 0 Å².